The van der Waals surface area contributed by atoms with Crippen LogP contribution in [0, 0.1) is 11.8 Å². The van der Waals surface area contributed by atoms with Gasteiger partial charge in [-0.25, -0.2) is 9.59 Å². The predicted molar refractivity (Wildman–Crippen MR) is 74.1 cm³/mol. The maximum atomic E-state index is 12.2. The number of carbonyl (C=O) groups excluding carboxylic acids is 1. The summed E-state index contributed by atoms with van der Waals surface area (Å²) in [5, 5.41) is 23.5. The molecule has 2 aliphatic rings. The van der Waals surface area contributed by atoms with E-state index in [4.69, 9.17) is 5.11 Å². The number of fused-ring (bicyclic) bond motifs is 1. The molecule has 3 rings (SSSR count). The van der Waals surface area contributed by atoms with Crippen molar-refractivity contribution in [3.8, 4) is 0 Å². The summed E-state index contributed by atoms with van der Waals surface area (Å²) in [6.07, 6.45) is 1.46. The Morgan fingerprint density at radius 2 is 2.15 bits per heavy atom. The smallest absolute Gasteiger partial charge is 0.338 e. The lowest BCUT2D eigenvalue weighted by molar-refractivity contribution is 0.0698. The number of hydrogen-bond acceptors (Lipinski definition) is 4. The lowest BCUT2D eigenvalue weighted by Crippen LogP contribution is -2.34. The molecule has 0 aromatic carbocycles. The van der Waals surface area contributed by atoms with Crippen molar-refractivity contribution in [1.29, 1.82) is 0 Å². The molecular weight excluding hydrogens is 280 g/mol. The molecule has 0 radical (unpaired) electrons. The van der Waals surface area contributed by atoms with Crippen LogP contribution in [0.4, 0.5) is 9.80 Å². The zero-order chi connectivity index (χ0) is 14.3. The Labute approximate surface area is 120 Å². The zero-order valence-electron chi connectivity index (χ0n) is 10.8. The molecule has 0 spiro atoms. The van der Waals surface area contributed by atoms with E-state index in [1.54, 1.807) is 10.3 Å². The molecule has 3 unspecified atom stereocenters. The predicted octanol–water partition coefficient (Wildman–Crippen LogP) is 1.68. The maximum absolute atomic E-state index is 12.2. The molecule has 1 aliphatic heterocycles. The van der Waals surface area contributed by atoms with E-state index in [1.165, 1.54) is 17.4 Å². The first-order valence-corrected chi connectivity index (χ1v) is 7.49. The van der Waals surface area contributed by atoms with Crippen LogP contribution in [0.1, 0.15) is 23.2 Å². The molecule has 1 aromatic rings. The van der Waals surface area contributed by atoms with Gasteiger partial charge < -0.3 is 15.1 Å². The van der Waals surface area contributed by atoms with Gasteiger partial charge in [-0.2, -0.15) is 0 Å². The van der Waals surface area contributed by atoms with E-state index in [0.717, 1.165) is 12.8 Å². The first-order valence-electron chi connectivity index (χ1n) is 6.61. The molecule has 1 saturated heterocycles. The van der Waals surface area contributed by atoms with Gasteiger partial charge in [0.25, 0.3) is 0 Å². The van der Waals surface area contributed by atoms with Crippen LogP contribution in [0.25, 0.3) is 0 Å². The summed E-state index contributed by atoms with van der Waals surface area (Å²) in [6.45, 7) is 1.19. The molecule has 1 aromatic heterocycles. The number of aliphatic hydroxyl groups excluding tert-OH is 1. The highest BCUT2D eigenvalue weighted by atomic mass is 32.1. The minimum Gasteiger partial charge on any atom is -0.478 e. The summed E-state index contributed by atoms with van der Waals surface area (Å²) in [5.74, 6) is -0.503. The first-order chi connectivity index (χ1) is 9.56. The Kier molecular flexibility index (Phi) is 3.39. The quantitative estimate of drug-likeness (QED) is 0.774. The number of likely N-dealkylation sites (tertiary alicyclic amines) is 1. The van der Waals surface area contributed by atoms with Gasteiger partial charge in [0.1, 0.15) is 5.00 Å². The number of carboxylic acids is 1. The fraction of sp³-hybridized carbons (Fsp3) is 0.538. The van der Waals surface area contributed by atoms with Crippen molar-refractivity contribution < 1.29 is 19.8 Å². The third-order valence-electron chi connectivity index (χ3n) is 4.22. The highest BCUT2D eigenvalue weighted by Gasteiger charge is 2.43. The molecule has 6 nitrogen and oxygen atoms in total. The van der Waals surface area contributed by atoms with Gasteiger partial charge in [-0.3, -0.25) is 5.32 Å². The summed E-state index contributed by atoms with van der Waals surface area (Å²) < 4.78 is 0. The largest absolute Gasteiger partial charge is 0.478 e. The Balaban J connectivity index is 1.66. The van der Waals surface area contributed by atoms with Crippen LogP contribution in [0.3, 0.4) is 0 Å². The summed E-state index contributed by atoms with van der Waals surface area (Å²) in [5.41, 5.74) is 0.114. The van der Waals surface area contributed by atoms with E-state index in [2.05, 4.69) is 5.32 Å². The first kappa shape index (κ1) is 13.4. The van der Waals surface area contributed by atoms with Gasteiger partial charge in [0, 0.05) is 19.0 Å². The monoisotopic (exact) mass is 296 g/mol. The molecular formula is C13H16N2O4S. The number of carboxylic acid groups (broad SMARTS) is 1. The number of thiophene rings is 1. The van der Waals surface area contributed by atoms with Crippen LogP contribution in [-0.4, -0.2) is 46.3 Å². The van der Waals surface area contributed by atoms with Crippen LogP contribution in [0.15, 0.2) is 11.4 Å². The molecule has 3 atom stereocenters. The van der Waals surface area contributed by atoms with E-state index in [1.807, 2.05) is 0 Å². The fourth-order valence-corrected chi connectivity index (χ4v) is 3.92. The number of aromatic carboxylic acids is 1. The highest BCUT2D eigenvalue weighted by Crippen LogP contribution is 2.38. The molecule has 20 heavy (non-hydrogen) atoms. The third kappa shape index (κ3) is 2.27. The van der Waals surface area contributed by atoms with E-state index >= 15 is 0 Å². The lowest BCUT2D eigenvalue weighted by Gasteiger charge is -2.18. The Morgan fingerprint density at radius 3 is 2.85 bits per heavy atom. The molecule has 0 bridgehead atoms. The SMILES string of the molecule is O=C(O)c1ccsc1NC(=O)N1CC2CCC(O)C2C1. The average Bonchev–Trinajstić information content (AvgIpc) is 3.06. The number of amides is 2. The number of nitrogens with one attached hydrogen (secondary N) is 1. The fourth-order valence-electron chi connectivity index (χ4n) is 3.15. The minimum atomic E-state index is -1.05. The second-order valence-electron chi connectivity index (χ2n) is 5.37. The van der Waals surface area contributed by atoms with Crippen LogP contribution < -0.4 is 5.32 Å². The standard InChI is InChI=1S/C13H16N2O4S/c16-10-2-1-7-5-15(6-9(7)10)13(19)14-11-8(12(17)18)3-4-20-11/h3-4,7,9-10,16H,1-2,5-6H2,(H,14,19)(H,17,18). The highest BCUT2D eigenvalue weighted by molar-refractivity contribution is 7.14. The van der Waals surface area contributed by atoms with E-state index in [9.17, 15) is 14.7 Å². The number of aliphatic hydroxyl groups is 1. The summed E-state index contributed by atoms with van der Waals surface area (Å²) >= 11 is 1.20. The number of urea groups is 1. The van der Waals surface area contributed by atoms with Gasteiger partial charge in [-0.15, -0.1) is 11.3 Å². The molecule has 1 aliphatic carbocycles. The zero-order valence-corrected chi connectivity index (χ0v) is 11.6. The van der Waals surface area contributed by atoms with Crippen LogP contribution >= 0.6 is 11.3 Å². The number of nitrogens with zero attached hydrogens (tertiary/aromatic N) is 1. The Bertz CT molecular complexity index is 544. The summed E-state index contributed by atoms with van der Waals surface area (Å²) in [4.78, 5) is 24.8. The van der Waals surface area contributed by atoms with E-state index in [-0.39, 0.29) is 23.6 Å². The molecule has 108 valence electrons. The van der Waals surface area contributed by atoms with Crippen LogP contribution in [0.2, 0.25) is 0 Å². The number of rotatable bonds is 2. The summed E-state index contributed by atoms with van der Waals surface area (Å²) in [7, 11) is 0. The Morgan fingerprint density at radius 1 is 1.35 bits per heavy atom. The van der Waals surface area contributed by atoms with Gasteiger partial charge in [0.05, 0.1) is 11.7 Å². The van der Waals surface area contributed by atoms with Gasteiger partial charge in [-0.05, 0) is 30.2 Å². The molecule has 7 heteroatoms. The molecule has 1 saturated carbocycles. The van der Waals surface area contributed by atoms with Gasteiger partial charge in [0.15, 0.2) is 0 Å². The molecule has 2 amide bonds. The minimum absolute atomic E-state index is 0.114. The second-order valence-corrected chi connectivity index (χ2v) is 6.29. The topological polar surface area (TPSA) is 89.9 Å². The van der Waals surface area contributed by atoms with Crippen LogP contribution in [-0.2, 0) is 0 Å². The lowest BCUT2D eigenvalue weighted by atomic mass is 10.00. The van der Waals surface area contributed by atoms with Gasteiger partial charge >= 0.3 is 12.0 Å². The normalized spacial score (nSPS) is 28.4. The molecule has 2 heterocycles. The Hall–Kier alpha value is -1.60. The van der Waals surface area contributed by atoms with Gasteiger partial charge in [-0.1, -0.05) is 0 Å². The van der Waals surface area contributed by atoms with Crippen molar-refractivity contribution in [3.05, 3.63) is 17.0 Å². The number of hydrogen-bond donors (Lipinski definition) is 3. The van der Waals surface area contributed by atoms with Crippen molar-refractivity contribution in [3.63, 3.8) is 0 Å². The van der Waals surface area contributed by atoms with E-state index in [0.29, 0.717) is 24.0 Å². The third-order valence-corrected chi connectivity index (χ3v) is 5.05. The average molecular weight is 296 g/mol. The molecule has 3 N–H and O–H groups in total. The summed E-state index contributed by atoms with van der Waals surface area (Å²) in [6, 6.07) is 1.20. The second kappa shape index (κ2) is 5.06. The van der Waals surface area contributed by atoms with Crippen molar-refractivity contribution in [2.24, 2.45) is 11.8 Å². The van der Waals surface area contributed by atoms with Crippen molar-refractivity contribution in [1.82, 2.24) is 4.90 Å². The number of carbonyl (C=O) groups is 2. The van der Waals surface area contributed by atoms with E-state index < -0.39 is 5.97 Å². The van der Waals surface area contributed by atoms with Crippen molar-refractivity contribution in [2.75, 3.05) is 18.4 Å². The molecule has 2 fully saturated rings. The maximum Gasteiger partial charge on any atom is 0.338 e. The van der Waals surface area contributed by atoms with Crippen LogP contribution in [0.5, 0.6) is 0 Å². The van der Waals surface area contributed by atoms with Crippen molar-refractivity contribution >= 4 is 28.3 Å². The van der Waals surface area contributed by atoms with Crippen molar-refractivity contribution in [2.45, 2.75) is 18.9 Å². The number of anilines is 1. The van der Waals surface area contributed by atoms with Gasteiger partial charge in [0.2, 0.25) is 0 Å².